The topological polar surface area (TPSA) is 106 Å². The molecule has 2 aromatic heterocycles. The van der Waals surface area contributed by atoms with Gasteiger partial charge in [-0.3, -0.25) is 13.8 Å². The Kier molecular flexibility index (Phi) is 10.1. The molecule has 0 spiro atoms. The molecule has 2 aliphatic heterocycles. The van der Waals surface area contributed by atoms with Gasteiger partial charge in [0.05, 0.1) is 35.6 Å². The average Bonchev–Trinajstić information content (AvgIpc) is 3.47. The summed E-state index contributed by atoms with van der Waals surface area (Å²) in [6, 6.07) is 11.5. The Bertz CT molecular complexity index is 1820. The van der Waals surface area contributed by atoms with Crippen molar-refractivity contribution >= 4 is 32.7 Å². The van der Waals surface area contributed by atoms with Crippen molar-refractivity contribution in [1.82, 2.24) is 28.1 Å². The van der Waals surface area contributed by atoms with Crippen molar-refractivity contribution in [1.29, 1.82) is 0 Å². The smallest absolute Gasteiger partial charge is 0.329 e. The number of alkyl halides is 2. The van der Waals surface area contributed by atoms with Gasteiger partial charge in [-0.25, -0.2) is 26.4 Å². The molecule has 1 atom stereocenters. The van der Waals surface area contributed by atoms with E-state index in [1.165, 1.54) is 22.7 Å². The first-order valence-corrected chi connectivity index (χ1v) is 16.8. The van der Waals surface area contributed by atoms with Gasteiger partial charge in [0.2, 0.25) is 17.0 Å². The molecular formula is C30H36ClF3N6O4S. The van der Waals surface area contributed by atoms with Gasteiger partial charge in [-0.05, 0) is 55.3 Å². The van der Waals surface area contributed by atoms with Crippen LogP contribution in [-0.4, -0.2) is 87.1 Å². The molecule has 0 radical (unpaired) electrons. The summed E-state index contributed by atoms with van der Waals surface area (Å²) in [6.07, 6.45) is 2.49. The third-order valence-electron chi connectivity index (χ3n) is 8.51. The molecule has 2 aliphatic rings. The molecule has 10 nitrogen and oxygen atoms in total. The Morgan fingerprint density at radius 2 is 1.71 bits per heavy atom. The zero-order valence-electron chi connectivity index (χ0n) is 25.0. The minimum absolute atomic E-state index is 0.0438. The number of hydrogen-bond donors (Lipinski definition) is 1. The molecule has 244 valence electrons. The first-order valence-electron chi connectivity index (χ1n) is 14.6. The molecule has 0 bridgehead atoms. The van der Waals surface area contributed by atoms with E-state index in [9.17, 15) is 31.5 Å². The van der Waals surface area contributed by atoms with E-state index in [1.54, 1.807) is 34.5 Å². The van der Waals surface area contributed by atoms with Gasteiger partial charge in [0.15, 0.2) is 0 Å². The van der Waals surface area contributed by atoms with Crippen molar-refractivity contribution in [3.05, 3.63) is 75.0 Å². The molecule has 6 rings (SSSR count). The van der Waals surface area contributed by atoms with Crippen molar-refractivity contribution in [2.45, 2.75) is 44.5 Å². The van der Waals surface area contributed by atoms with E-state index < -0.39 is 23.1 Å². The molecule has 1 N–H and O–H groups in total. The summed E-state index contributed by atoms with van der Waals surface area (Å²) in [4.78, 5) is 15.2. The van der Waals surface area contributed by atoms with Crippen molar-refractivity contribution in [3.8, 4) is 11.3 Å². The van der Waals surface area contributed by atoms with E-state index in [1.807, 2.05) is 16.7 Å². The summed E-state index contributed by atoms with van der Waals surface area (Å²) < 4.78 is 64.1. The van der Waals surface area contributed by atoms with E-state index in [0.717, 1.165) is 48.2 Å². The van der Waals surface area contributed by atoms with Crippen molar-refractivity contribution < 1.29 is 26.7 Å². The second-order valence-electron chi connectivity index (χ2n) is 11.4. The Hall–Kier alpha value is -3.17. The maximum atomic E-state index is 13.6. The maximum Gasteiger partial charge on any atom is 0.329 e. The molecule has 0 aliphatic carbocycles. The molecule has 4 heterocycles. The fourth-order valence-corrected chi connectivity index (χ4v) is 7.30. The lowest BCUT2D eigenvalue weighted by atomic mass is 10.0. The number of β-amino-alcohol motifs (C(OH)–C–C–N with tert-alkyl or cyclic N) is 1. The minimum Gasteiger partial charge on any atom is -0.390 e. The maximum absolute atomic E-state index is 13.6. The normalized spacial score (nSPS) is 17.2. The number of aliphatic hydroxyl groups excluding tert-OH is 1. The van der Waals surface area contributed by atoms with Crippen molar-refractivity contribution in [2.75, 3.05) is 39.4 Å². The highest BCUT2D eigenvalue weighted by atomic mass is 35.5. The SMILES string of the molecule is Cn1c(=O)n(C2CCN(CC(O)Cn3nc(-c4ccc(F)cc4)c4c3CCN(S(C)(=O)=O)C4)CC2)c2cc(Cl)ccc21.FCF. The first kappa shape index (κ1) is 33.2. The number of hydrogen-bond acceptors (Lipinski definition) is 6. The average molecular weight is 669 g/mol. The molecule has 2 aromatic carbocycles. The quantitative estimate of drug-likeness (QED) is 0.321. The lowest BCUT2D eigenvalue weighted by molar-refractivity contribution is 0.0762. The number of nitrogens with zero attached hydrogens (tertiary/aromatic N) is 6. The van der Waals surface area contributed by atoms with Gasteiger partial charge in [0.1, 0.15) is 5.82 Å². The Morgan fingerprint density at radius 1 is 1.04 bits per heavy atom. The number of aryl methyl sites for hydroxylation is 1. The number of aliphatic hydroxyl groups is 1. The summed E-state index contributed by atoms with van der Waals surface area (Å²) >= 11 is 6.24. The Balaban J connectivity index is 0.00000128. The van der Waals surface area contributed by atoms with Crippen LogP contribution >= 0.6 is 11.6 Å². The number of sulfonamides is 1. The summed E-state index contributed by atoms with van der Waals surface area (Å²) in [7, 11) is -1.62. The zero-order valence-corrected chi connectivity index (χ0v) is 26.6. The fourth-order valence-electron chi connectivity index (χ4n) is 6.35. The van der Waals surface area contributed by atoms with Crippen LogP contribution in [0, 0.1) is 5.82 Å². The van der Waals surface area contributed by atoms with Crippen LogP contribution in [0.5, 0.6) is 0 Å². The number of benzene rings is 2. The van der Waals surface area contributed by atoms with Gasteiger partial charge in [-0.2, -0.15) is 9.40 Å². The van der Waals surface area contributed by atoms with E-state index in [4.69, 9.17) is 16.7 Å². The van der Waals surface area contributed by atoms with Crippen LogP contribution in [0.15, 0.2) is 47.3 Å². The summed E-state index contributed by atoms with van der Waals surface area (Å²) in [5, 5.41) is 16.5. The number of halogens is 4. The molecule has 1 unspecified atom stereocenters. The highest BCUT2D eigenvalue weighted by molar-refractivity contribution is 7.88. The highest BCUT2D eigenvalue weighted by Crippen LogP contribution is 2.32. The second-order valence-corrected chi connectivity index (χ2v) is 13.9. The molecule has 15 heteroatoms. The number of likely N-dealkylation sites (tertiary alicyclic amines) is 1. The molecule has 1 saturated heterocycles. The van der Waals surface area contributed by atoms with Crippen LogP contribution in [0.2, 0.25) is 5.02 Å². The minimum atomic E-state index is -3.40. The second kappa shape index (κ2) is 13.7. The van der Waals surface area contributed by atoms with Crippen LogP contribution in [0.1, 0.15) is 30.1 Å². The monoisotopic (exact) mass is 668 g/mol. The van der Waals surface area contributed by atoms with Gasteiger partial charge in [0.25, 0.3) is 0 Å². The van der Waals surface area contributed by atoms with E-state index in [0.29, 0.717) is 35.8 Å². The molecule has 0 amide bonds. The van der Waals surface area contributed by atoms with Crippen molar-refractivity contribution in [2.24, 2.45) is 7.05 Å². The molecule has 45 heavy (non-hydrogen) atoms. The number of imidazole rings is 1. The van der Waals surface area contributed by atoms with Crippen molar-refractivity contribution in [3.63, 3.8) is 0 Å². The number of piperidine rings is 1. The Labute approximate surface area is 264 Å². The van der Waals surface area contributed by atoms with E-state index in [2.05, 4.69) is 4.90 Å². The summed E-state index contributed by atoms with van der Waals surface area (Å²) in [5.74, 6) is -0.363. The summed E-state index contributed by atoms with van der Waals surface area (Å²) in [5.41, 5.74) is 4.61. The van der Waals surface area contributed by atoms with Crippen LogP contribution in [-0.2, 0) is 36.6 Å². The molecular weight excluding hydrogens is 633 g/mol. The zero-order chi connectivity index (χ0) is 32.5. The largest absolute Gasteiger partial charge is 0.390 e. The van der Waals surface area contributed by atoms with Crippen LogP contribution < -0.4 is 5.69 Å². The first-order chi connectivity index (χ1) is 21.4. The lowest BCUT2D eigenvalue weighted by Gasteiger charge is -2.33. The van der Waals surface area contributed by atoms with Gasteiger partial charge in [-0.1, -0.05) is 11.6 Å². The van der Waals surface area contributed by atoms with Crippen LogP contribution in [0.4, 0.5) is 13.2 Å². The van der Waals surface area contributed by atoms with Gasteiger partial charge in [-0.15, -0.1) is 0 Å². The van der Waals surface area contributed by atoms with Crippen LogP contribution in [0.3, 0.4) is 0 Å². The van der Waals surface area contributed by atoms with Crippen LogP contribution in [0.25, 0.3) is 22.3 Å². The van der Waals surface area contributed by atoms with Gasteiger partial charge < -0.3 is 10.0 Å². The predicted octanol–water partition coefficient (Wildman–Crippen LogP) is 3.89. The van der Waals surface area contributed by atoms with Gasteiger partial charge in [0, 0.05) is 74.1 Å². The standard InChI is InChI=1S/C29H34ClFN6O4S.CH2F2/c1-33-26-8-5-20(30)15-27(26)37(29(33)39)22-9-12-34(13-10-22)16-23(38)17-36-25-11-14-35(42(2,40)41)18-24(25)28(32-36)19-3-6-21(31)7-4-19;2-1-3/h3-8,15,22-23,38H,9-14,16-18H2,1-2H3;1H2. The van der Waals surface area contributed by atoms with E-state index >= 15 is 0 Å². The molecule has 1 fully saturated rings. The number of fused-ring (bicyclic) bond motifs is 2. The highest BCUT2D eigenvalue weighted by Gasteiger charge is 2.31. The third kappa shape index (κ3) is 7.14. The predicted molar refractivity (Wildman–Crippen MR) is 167 cm³/mol. The Morgan fingerprint density at radius 3 is 2.36 bits per heavy atom. The lowest BCUT2D eigenvalue weighted by Crippen LogP contribution is -2.42. The molecule has 4 aromatic rings. The third-order valence-corrected chi connectivity index (χ3v) is 10.00. The number of aromatic nitrogens is 4. The molecule has 0 saturated carbocycles. The number of rotatable bonds is 7. The fraction of sp³-hybridized carbons (Fsp3) is 0.467. The summed E-state index contributed by atoms with van der Waals surface area (Å²) in [6.45, 7) is 0.924. The van der Waals surface area contributed by atoms with E-state index in [-0.39, 0.29) is 30.6 Å². The van der Waals surface area contributed by atoms with Gasteiger partial charge >= 0.3 is 5.69 Å².